The second-order valence-electron chi connectivity index (χ2n) is 4.25. The highest BCUT2D eigenvalue weighted by Gasteiger charge is 2.08. The van der Waals surface area contributed by atoms with Crippen LogP contribution in [0.4, 0.5) is 0 Å². The molecular weight excluding hydrogens is 214 g/mol. The summed E-state index contributed by atoms with van der Waals surface area (Å²) in [5.41, 5.74) is 8.81. The SMILES string of the molecule is CCc1ccc(C(N)CSC(C)CC)cc1. The van der Waals surface area contributed by atoms with E-state index in [-0.39, 0.29) is 6.04 Å². The van der Waals surface area contributed by atoms with Gasteiger partial charge in [-0.3, -0.25) is 0 Å². The summed E-state index contributed by atoms with van der Waals surface area (Å²) in [5.74, 6) is 1.01. The highest BCUT2D eigenvalue weighted by molar-refractivity contribution is 7.99. The zero-order valence-corrected chi connectivity index (χ0v) is 11.4. The van der Waals surface area contributed by atoms with Crippen molar-refractivity contribution in [2.75, 3.05) is 5.75 Å². The Kier molecular flexibility index (Phi) is 5.93. The van der Waals surface area contributed by atoms with Crippen LogP contribution in [0.3, 0.4) is 0 Å². The molecule has 2 unspecified atom stereocenters. The highest BCUT2D eigenvalue weighted by atomic mass is 32.2. The molecule has 0 saturated carbocycles. The molecule has 1 aromatic rings. The van der Waals surface area contributed by atoms with E-state index < -0.39 is 0 Å². The van der Waals surface area contributed by atoms with Gasteiger partial charge in [0, 0.05) is 17.0 Å². The lowest BCUT2D eigenvalue weighted by Gasteiger charge is -2.15. The van der Waals surface area contributed by atoms with Gasteiger partial charge in [-0.15, -0.1) is 0 Å². The maximum absolute atomic E-state index is 6.17. The Hall–Kier alpha value is -0.470. The highest BCUT2D eigenvalue weighted by Crippen LogP contribution is 2.21. The summed E-state index contributed by atoms with van der Waals surface area (Å²) in [6, 6.07) is 8.87. The average molecular weight is 237 g/mol. The van der Waals surface area contributed by atoms with Crippen LogP contribution in [0.5, 0.6) is 0 Å². The van der Waals surface area contributed by atoms with E-state index in [9.17, 15) is 0 Å². The lowest BCUT2D eigenvalue weighted by Crippen LogP contribution is -2.14. The summed E-state index contributed by atoms with van der Waals surface area (Å²) in [6.07, 6.45) is 2.31. The lowest BCUT2D eigenvalue weighted by molar-refractivity contribution is 0.820. The van der Waals surface area contributed by atoms with Gasteiger partial charge in [-0.2, -0.15) is 11.8 Å². The maximum Gasteiger partial charge on any atom is 0.0386 e. The van der Waals surface area contributed by atoms with E-state index in [0.717, 1.165) is 12.2 Å². The zero-order chi connectivity index (χ0) is 12.0. The second-order valence-corrected chi connectivity index (χ2v) is 5.73. The van der Waals surface area contributed by atoms with Gasteiger partial charge in [0.15, 0.2) is 0 Å². The zero-order valence-electron chi connectivity index (χ0n) is 10.6. The van der Waals surface area contributed by atoms with Gasteiger partial charge in [0.25, 0.3) is 0 Å². The Morgan fingerprint density at radius 1 is 1.19 bits per heavy atom. The van der Waals surface area contributed by atoms with E-state index in [1.54, 1.807) is 0 Å². The van der Waals surface area contributed by atoms with Crippen molar-refractivity contribution in [3.8, 4) is 0 Å². The minimum Gasteiger partial charge on any atom is -0.323 e. The van der Waals surface area contributed by atoms with Gasteiger partial charge in [0.1, 0.15) is 0 Å². The summed E-state index contributed by atoms with van der Waals surface area (Å²) in [6.45, 7) is 6.66. The van der Waals surface area contributed by atoms with Crippen LogP contribution >= 0.6 is 11.8 Å². The number of hydrogen-bond donors (Lipinski definition) is 1. The molecule has 0 fully saturated rings. The van der Waals surface area contributed by atoms with E-state index >= 15 is 0 Å². The summed E-state index contributed by atoms with van der Waals surface area (Å²) < 4.78 is 0. The van der Waals surface area contributed by atoms with Gasteiger partial charge in [0.2, 0.25) is 0 Å². The maximum atomic E-state index is 6.17. The smallest absolute Gasteiger partial charge is 0.0386 e. The normalized spacial score (nSPS) is 14.8. The number of nitrogens with two attached hydrogens (primary N) is 1. The van der Waals surface area contributed by atoms with Crippen LogP contribution in [0.1, 0.15) is 44.4 Å². The summed E-state index contributed by atoms with van der Waals surface area (Å²) in [7, 11) is 0. The summed E-state index contributed by atoms with van der Waals surface area (Å²) in [4.78, 5) is 0. The Morgan fingerprint density at radius 3 is 2.31 bits per heavy atom. The van der Waals surface area contributed by atoms with E-state index in [0.29, 0.717) is 5.25 Å². The number of hydrogen-bond acceptors (Lipinski definition) is 2. The molecule has 0 radical (unpaired) electrons. The first-order valence-corrected chi connectivity index (χ1v) is 7.18. The van der Waals surface area contributed by atoms with E-state index in [1.807, 2.05) is 11.8 Å². The topological polar surface area (TPSA) is 26.0 Å². The van der Waals surface area contributed by atoms with Crippen LogP contribution in [-0.2, 0) is 6.42 Å². The first-order chi connectivity index (χ1) is 7.67. The van der Waals surface area contributed by atoms with E-state index in [4.69, 9.17) is 5.73 Å². The monoisotopic (exact) mass is 237 g/mol. The molecule has 1 nitrogen and oxygen atoms in total. The van der Waals surface area contributed by atoms with Gasteiger partial charge in [0.05, 0.1) is 0 Å². The number of aryl methyl sites for hydroxylation is 1. The standard InChI is InChI=1S/C14H23NS/c1-4-11(3)16-10-14(15)13-8-6-12(5-2)7-9-13/h6-9,11,14H,4-5,10,15H2,1-3H3. The Morgan fingerprint density at radius 2 is 1.81 bits per heavy atom. The Labute approximate surface area is 104 Å². The van der Waals surface area contributed by atoms with E-state index in [1.165, 1.54) is 17.5 Å². The summed E-state index contributed by atoms with van der Waals surface area (Å²) >= 11 is 1.96. The largest absolute Gasteiger partial charge is 0.323 e. The van der Waals surface area contributed by atoms with Crippen LogP contribution in [0, 0.1) is 0 Å². The van der Waals surface area contributed by atoms with Crippen LogP contribution in [0.15, 0.2) is 24.3 Å². The predicted molar refractivity (Wildman–Crippen MR) is 75.0 cm³/mol. The predicted octanol–water partition coefficient (Wildman–Crippen LogP) is 3.78. The molecule has 2 N–H and O–H groups in total. The fraction of sp³-hybridized carbons (Fsp3) is 0.571. The molecule has 1 aromatic carbocycles. The van der Waals surface area contributed by atoms with Crippen molar-refractivity contribution in [3.63, 3.8) is 0 Å². The fourth-order valence-corrected chi connectivity index (χ4v) is 2.45. The van der Waals surface area contributed by atoms with Gasteiger partial charge < -0.3 is 5.73 Å². The molecule has 0 amide bonds. The fourth-order valence-electron chi connectivity index (χ4n) is 1.48. The van der Waals surface area contributed by atoms with E-state index in [2.05, 4.69) is 45.0 Å². The minimum atomic E-state index is 0.171. The summed E-state index contributed by atoms with van der Waals surface area (Å²) in [5, 5.41) is 0.709. The molecule has 16 heavy (non-hydrogen) atoms. The molecule has 2 atom stereocenters. The quantitative estimate of drug-likeness (QED) is 0.815. The van der Waals surface area contributed by atoms with Crippen molar-refractivity contribution in [2.45, 2.75) is 44.9 Å². The van der Waals surface area contributed by atoms with Crippen molar-refractivity contribution in [1.82, 2.24) is 0 Å². The van der Waals surface area contributed by atoms with Crippen molar-refractivity contribution in [1.29, 1.82) is 0 Å². The molecule has 0 heterocycles. The van der Waals surface area contributed by atoms with Crippen LogP contribution in [0.25, 0.3) is 0 Å². The van der Waals surface area contributed by atoms with Crippen molar-refractivity contribution >= 4 is 11.8 Å². The first-order valence-electron chi connectivity index (χ1n) is 6.13. The number of rotatable bonds is 6. The molecule has 0 spiro atoms. The van der Waals surface area contributed by atoms with Gasteiger partial charge in [-0.05, 0) is 24.0 Å². The number of thioether (sulfide) groups is 1. The molecular formula is C14H23NS. The van der Waals surface area contributed by atoms with Crippen LogP contribution in [-0.4, -0.2) is 11.0 Å². The number of benzene rings is 1. The van der Waals surface area contributed by atoms with Crippen molar-refractivity contribution in [2.24, 2.45) is 5.73 Å². The molecule has 0 saturated heterocycles. The molecule has 2 heteroatoms. The molecule has 0 aromatic heterocycles. The molecule has 0 aliphatic carbocycles. The first kappa shape index (κ1) is 13.6. The third-order valence-corrected chi connectivity index (χ3v) is 4.41. The van der Waals surface area contributed by atoms with Crippen molar-refractivity contribution in [3.05, 3.63) is 35.4 Å². The average Bonchev–Trinajstić information content (AvgIpc) is 2.35. The molecule has 0 aliphatic rings. The third kappa shape index (κ3) is 4.18. The molecule has 1 rings (SSSR count). The van der Waals surface area contributed by atoms with Crippen molar-refractivity contribution < 1.29 is 0 Å². The third-order valence-electron chi connectivity index (χ3n) is 2.95. The Balaban J connectivity index is 2.49. The van der Waals surface area contributed by atoms with Gasteiger partial charge in [-0.1, -0.05) is 45.0 Å². The van der Waals surface area contributed by atoms with Crippen LogP contribution in [0.2, 0.25) is 0 Å². The minimum absolute atomic E-state index is 0.171. The van der Waals surface area contributed by atoms with Gasteiger partial charge >= 0.3 is 0 Å². The molecule has 90 valence electrons. The molecule has 0 aliphatic heterocycles. The van der Waals surface area contributed by atoms with Crippen LogP contribution < -0.4 is 5.73 Å². The second kappa shape index (κ2) is 6.97. The Bertz CT molecular complexity index is 294. The van der Waals surface area contributed by atoms with Gasteiger partial charge in [-0.25, -0.2) is 0 Å². The molecule has 0 bridgehead atoms. The lowest BCUT2D eigenvalue weighted by atomic mass is 10.1.